The van der Waals surface area contributed by atoms with E-state index in [-0.39, 0.29) is 11.1 Å². The second kappa shape index (κ2) is 11.2. The normalized spacial score (nSPS) is 11.5. The highest BCUT2D eigenvalue weighted by Gasteiger charge is 2.19. The molecule has 48 heavy (non-hydrogen) atoms. The van der Waals surface area contributed by atoms with Crippen LogP contribution in [-0.4, -0.2) is 33.0 Å². The molecule has 0 spiro atoms. The highest BCUT2D eigenvalue weighted by atomic mass is 16.5. The Morgan fingerprint density at radius 1 is 0.479 bits per heavy atom. The average Bonchev–Trinajstić information content (AvgIpc) is 3.67. The first-order chi connectivity index (χ1) is 23.6. The summed E-state index contributed by atoms with van der Waals surface area (Å²) in [5.74, 6) is 1.51. The van der Waals surface area contributed by atoms with E-state index in [0.29, 0.717) is 10.8 Å². The zero-order valence-electron chi connectivity index (χ0n) is 26.8. The quantitative estimate of drug-likeness (QED) is 0.179. The largest absolute Gasteiger partial charge is 0.497 e. The van der Waals surface area contributed by atoms with Crippen molar-refractivity contribution in [1.82, 2.24) is 18.8 Å². The van der Waals surface area contributed by atoms with Gasteiger partial charge in [0.2, 0.25) is 0 Å². The van der Waals surface area contributed by atoms with Gasteiger partial charge in [-0.2, -0.15) is 0 Å². The van der Waals surface area contributed by atoms with Gasteiger partial charge < -0.3 is 9.47 Å². The lowest BCUT2D eigenvalue weighted by atomic mass is 10.1. The van der Waals surface area contributed by atoms with Gasteiger partial charge in [-0.25, -0.2) is 0 Å². The monoisotopic (exact) mass is 630 g/mol. The van der Waals surface area contributed by atoms with Crippen molar-refractivity contribution in [2.24, 2.45) is 0 Å². The van der Waals surface area contributed by atoms with Gasteiger partial charge in [0, 0.05) is 61.5 Å². The van der Waals surface area contributed by atoms with Crippen molar-refractivity contribution >= 4 is 76.2 Å². The molecule has 0 atom stereocenters. The Bertz CT molecular complexity index is 2920. The Balaban J connectivity index is 0.000000133. The second-order valence-corrected chi connectivity index (χ2v) is 11.2. The van der Waals surface area contributed by atoms with Gasteiger partial charge in [0.15, 0.2) is 0 Å². The van der Waals surface area contributed by atoms with Gasteiger partial charge in [-0.3, -0.25) is 28.4 Å². The Labute approximate surface area is 273 Å². The molecular weight excluding hydrogens is 600 g/mol. The van der Waals surface area contributed by atoms with E-state index in [0.717, 1.165) is 76.9 Å². The van der Waals surface area contributed by atoms with E-state index >= 15 is 0 Å². The molecule has 0 aliphatic carbocycles. The van der Waals surface area contributed by atoms with Crippen LogP contribution in [0.1, 0.15) is 13.8 Å². The van der Waals surface area contributed by atoms with Crippen molar-refractivity contribution in [3.63, 3.8) is 0 Å². The second-order valence-electron chi connectivity index (χ2n) is 11.2. The summed E-state index contributed by atoms with van der Waals surface area (Å²) in [7, 11) is 3.27. The molecule has 4 aromatic carbocycles. The van der Waals surface area contributed by atoms with Crippen LogP contribution in [-0.2, 0) is 0 Å². The molecule has 0 aliphatic heterocycles. The number of pyridine rings is 4. The molecule has 0 saturated heterocycles. The highest BCUT2D eigenvalue weighted by molar-refractivity contribution is 6.20. The smallest absolute Gasteiger partial charge is 0.263 e. The van der Waals surface area contributed by atoms with Gasteiger partial charge in [0.1, 0.15) is 11.5 Å². The van der Waals surface area contributed by atoms with Gasteiger partial charge >= 0.3 is 0 Å². The molecule has 6 heterocycles. The minimum Gasteiger partial charge on any atom is -0.497 e. The number of hydrogen-bond acceptors (Lipinski definition) is 6. The number of nitrogens with zero attached hydrogens (tertiary/aromatic N) is 4. The fraction of sp³-hybridized carbons (Fsp3) is 0.100. The van der Waals surface area contributed by atoms with E-state index < -0.39 is 0 Å². The molecule has 0 bridgehead atoms. The fourth-order valence-corrected chi connectivity index (χ4v) is 6.95. The van der Waals surface area contributed by atoms with Crippen molar-refractivity contribution in [2.45, 2.75) is 13.8 Å². The van der Waals surface area contributed by atoms with Crippen molar-refractivity contribution in [3.05, 3.63) is 130 Å². The van der Waals surface area contributed by atoms with E-state index in [1.807, 2.05) is 111 Å². The number of benzene rings is 4. The Hall–Kier alpha value is -6.28. The van der Waals surface area contributed by atoms with Crippen molar-refractivity contribution in [3.8, 4) is 11.5 Å². The molecule has 0 aliphatic rings. The highest BCUT2D eigenvalue weighted by Crippen LogP contribution is 2.36. The summed E-state index contributed by atoms with van der Waals surface area (Å²) in [6.45, 7) is 4.00. The first-order valence-electron chi connectivity index (χ1n) is 15.8. The third-order valence-electron chi connectivity index (χ3n) is 9.00. The maximum Gasteiger partial charge on any atom is 0.263 e. The SMILES string of the molecule is CC.COc1ccc2c(c1)c1ccnc3c4ccccc4c(=O)n2c13.COc1ccc2c3ccnc4c5ccccc5c(=O)n(c2c1)c34. The molecule has 8 heteroatoms. The number of hydrogen-bond donors (Lipinski definition) is 0. The number of rotatable bonds is 2. The molecule has 10 aromatic rings. The third-order valence-corrected chi connectivity index (χ3v) is 9.00. The maximum atomic E-state index is 13.1. The van der Waals surface area contributed by atoms with Gasteiger partial charge in [0.05, 0.1) is 47.3 Å². The Kier molecular flexibility index (Phi) is 6.80. The summed E-state index contributed by atoms with van der Waals surface area (Å²) in [5.41, 5.74) is 5.17. The third kappa shape index (κ3) is 4.02. The maximum absolute atomic E-state index is 13.1. The average molecular weight is 631 g/mol. The first kappa shape index (κ1) is 29.1. The lowest BCUT2D eigenvalue weighted by Gasteiger charge is -2.05. The van der Waals surface area contributed by atoms with Crippen molar-refractivity contribution < 1.29 is 9.47 Å². The van der Waals surface area contributed by atoms with E-state index in [2.05, 4.69) is 9.97 Å². The molecule has 0 fully saturated rings. The number of methoxy groups -OCH3 is 2. The Morgan fingerprint density at radius 3 is 1.52 bits per heavy atom. The Morgan fingerprint density at radius 2 is 0.958 bits per heavy atom. The van der Waals surface area contributed by atoms with Gasteiger partial charge in [-0.15, -0.1) is 0 Å². The fourth-order valence-electron chi connectivity index (χ4n) is 6.95. The number of fused-ring (bicyclic) bond motifs is 10. The lowest BCUT2D eigenvalue weighted by Crippen LogP contribution is -2.13. The summed E-state index contributed by atoms with van der Waals surface area (Å²) in [4.78, 5) is 35.2. The predicted molar refractivity (Wildman–Crippen MR) is 195 cm³/mol. The van der Waals surface area contributed by atoms with E-state index in [9.17, 15) is 9.59 Å². The first-order valence-corrected chi connectivity index (χ1v) is 15.8. The molecule has 8 nitrogen and oxygen atoms in total. The molecule has 234 valence electrons. The standard InChI is InChI=1S/2C19H12N2O2.C2H6/c1-23-11-6-7-12-14-8-9-20-17-13-4-2-3-5-15(13)19(22)21(18(14)17)16(12)10-11;1-23-11-6-7-16-15(10-11)13-8-9-20-17-12-4-2-3-5-14(12)19(22)21(16)18(13)17;1-2/h2*2-10H,1H3;1-2H3. The summed E-state index contributed by atoms with van der Waals surface area (Å²) >= 11 is 0. The van der Waals surface area contributed by atoms with Crippen LogP contribution < -0.4 is 20.6 Å². The zero-order chi connectivity index (χ0) is 33.1. The van der Waals surface area contributed by atoms with Gasteiger partial charge in [0.25, 0.3) is 11.1 Å². The zero-order valence-corrected chi connectivity index (χ0v) is 26.8. The lowest BCUT2D eigenvalue weighted by molar-refractivity contribution is 0.415. The van der Waals surface area contributed by atoms with Gasteiger partial charge in [-0.1, -0.05) is 50.2 Å². The van der Waals surface area contributed by atoms with Crippen LogP contribution in [0.3, 0.4) is 0 Å². The van der Waals surface area contributed by atoms with Crippen LogP contribution in [0.4, 0.5) is 0 Å². The molecular formula is C40H30N4O4. The molecule has 0 N–H and O–H groups in total. The van der Waals surface area contributed by atoms with Crippen LogP contribution in [0.5, 0.6) is 11.5 Å². The van der Waals surface area contributed by atoms with Crippen LogP contribution in [0.15, 0.2) is 119 Å². The topological polar surface area (TPSA) is 87.2 Å². The molecule has 10 rings (SSSR count). The summed E-state index contributed by atoms with van der Waals surface area (Å²) < 4.78 is 14.2. The predicted octanol–water partition coefficient (Wildman–Crippen LogP) is 8.23. The number of ether oxygens (including phenoxy) is 2. The summed E-state index contributed by atoms with van der Waals surface area (Å²) in [5, 5.41) is 7.25. The van der Waals surface area contributed by atoms with Crippen LogP contribution in [0, 0.1) is 0 Å². The molecule has 6 aromatic heterocycles. The van der Waals surface area contributed by atoms with Crippen molar-refractivity contribution in [1.29, 1.82) is 0 Å². The van der Waals surface area contributed by atoms with E-state index in [4.69, 9.17) is 9.47 Å². The van der Waals surface area contributed by atoms with Crippen LogP contribution >= 0.6 is 0 Å². The van der Waals surface area contributed by atoms with E-state index in [1.54, 1.807) is 35.4 Å². The molecule has 0 unspecified atom stereocenters. The minimum atomic E-state index is -0.0191. The van der Waals surface area contributed by atoms with Crippen LogP contribution in [0.25, 0.3) is 76.2 Å². The molecule has 0 saturated carbocycles. The summed E-state index contributed by atoms with van der Waals surface area (Å²) in [6, 6.07) is 30.8. The summed E-state index contributed by atoms with van der Waals surface area (Å²) in [6.07, 6.45) is 3.60. The van der Waals surface area contributed by atoms with E-state index in [1.165, 1.54) is 0 Å². The van der Waals surface area contributed by atoms with Crippen molar-refractivity contribution in [2.75, 3.05) is 14.2 Å². The molecule has 0 radical (unpaired) electrons. The van der Waals surface area contributed by atoms with Crippen LogP contribution in [0.2, 0.25) is 0 Å². The molecule has 0 amide bonds. The van der Waals surface area contributed by atoms with Gasteiger partial charge in [-0.05, 0) is 54.6 Å². The minimum absolute atomic E-state index is 0.00809. The number of aromatic nitrogens is 4.